The summed E-state index contributed by atoms with van der Waals surface area (Å²) < 4.78 is 79.6. The number of hydrogen-bond acceptors (Lipinski definition) is 9. The van der Waals surface area contributed by atoms with E-state index in [0.29, 0.717) is 0 Å². The fraction of sp³-hybridized carbons (Fsp3) is 0. The number of halogens is 3. The first-order chi connectivity index (χ1) is 6.00. The van der Waals surface area contributed by atoms with Crippen molar-refractivity contribution in [2.75, 3.05) is 0 Å². The van der Waals surface area contributed by atoms with Gasteiger partial charge >= 0.3 is 17.4 Å². The molecule has 17 heavy (non-hydrogen) atoms. The Hall–Kier alpha value is 1.09. The van der Waals surface area contributed by atoms with Crippen LogP contribution >= 0.6 is 32.0 Å². The minimum Gasteiger partial charge on any atom is -0.735 e. The quantitative estimate of drug-likeness (QED) is 0.250. The molecule has 0 aromatic rings. The van der Waals surface area contributed by atoms with Gasteiger partial charge in [0, 0.05) is 32.0 Å². The number of rotatable bonds is 0. The summed E-state index contributed by atoms with van der Waals surface area (Å²) in [6, 6.07) is 0. The molecule has 0 aliphatic carbocycles. The molecule has 17 heteroatoms. The summed E-state index contributed by atoms with van der Waals surface area (Å²) in [6.07, 6.45) is 0. The topological polar surface area (TPSA) is 203 Å². The van der Waals surface area contributed by atoms with E-state index in [9.17, 15) is 0 Å². The van der Waals surface area contributed by atoms with Gasteiger partial charge in [0.2, 0.25) is 0 Å². The van der Waals surface area contributed by atoms with Gasteiger partial charge in [0.05, 0.1) is 0 Å². The van der Waals surface area contributed by atoms with E-state index in [1.54, 1.807) is 0 Å². The third-order valence-electron chi connectivity index (χ3n) is 0. The van der Waals surface area contributed by atoms with Crippen molar-refractivity contribution in [2.24, 2.45) is 0 Å². The van der Waals surface area contributed by atoms with E-state index < -0.39 is 28.0 Å². The van der Waals surface area contributed by atoms with Gasteiger partial charge in [-0.15, -0.1) is 0 Å². The minimum atomic E-state index is -4.44. The monoisotopic (exact) mass is 390 g/mol. The largest absolute Gasteiger partial charge is 3.00 e. The third-order valence-corrected chi connectivity index (χ3v) is 0. The normalized spacial score (nSPS) is 10.2. The maximum atomic E-state index is 8.84. The van der Waals surface area contributed by atoms with E-state index in [1.165, 1.54) is 0 Å². The van der Waals surface area contributed by atoms with Crippen molar-refractivity contribution in [3.8, 4) is 0 Å². The molecular formula is H2AlCl3O10S3. The molecule has 104 valence electrons. The van der Waals surface area contributed by atoms with E-state index in [4.69, 9.17) is 38.9 Å². The molecule has 0 aliphatic heterocycles. The summed E-state index contributed by atoms with van der Waals surface area (Å²) in [4.78, 5) is 0. The number of hydrogen-bond donors (Lipinski definition) is 0. The average molecular weight is 392 g/mol. The molecule has 0 fully saturated rings. The first-order valence-electron chi connectivity index (χ1n) is 1.96. The fourth-order valence-electron chi connectivity index (χ4n) is 0. The molecular weight excluding hydrogens is 390 g/mol. The summed E-state index contributed by atoms with van der Waals surface area (Å²) in [5.74, 6) is 0. The summed E-state index contributed by atoms with van der Waals surface area (Å²) in [6.45, 7) is 0. The second-order valence-electron chi connectivity index (χ2n) is 1.18. The maximum Gasteiger partial charge on any atom is 3.00 e. The predicted molar refractivity (Wildman–Crippen MR) is 56.0 cm³/mol. The molecule has 0 atom stereocenters. The van der Waals surface area contributed by atoms with Crippen molar-refractivity contribution in [3.63, 3.8) is 0 Å². The van der Waals surface area contributed by atoms with Gasteiger partial charge in [-0.2, -0.15) is 0 Å². The Kier molecular flexibility index (Phi) is 22.0. The smallest absolute Gasteiger partial charge is 0.735 e. The van der Waals surface area contributed by atoms with Crippen LogP contribution in [0.1, 0.15) is 0 Å². The molecule has 10 nitrogen and oxygen atoms in total. The average Bonchev–Trinajstić information content (AvgIpc) is 1.41. The van der Waals surface area contributed by atoms with Gasteiger partial charge in [-0.25, -0.2) is 25.3 Å². The molecule has 0 bridgehead atoms. The molecule has 0 aliphatic rings. The summed E-state index contributed by atoms with van der Waals surface area (Å²) in [5, 5.41) is 0. The van der Waals surface area contributed by atoms with E-state index in [0.717, 1.165) is 0 Å². The maximum absolute atomic E-state index is 8.84. The Labute approximate surface area is 121 Å². The van der Waals surface area contributed by atoms with Crippen molar-refractivity contribution in [3.05, 3.63) is 0 Å². The molecule has 2 N–H and O–H groups in total. The first-order valence-corrected chi connectivity index (χ1v) is 8.67. The molecule has 0 saturated carbocycles. The van der Waals surface area contributed by atoms with Crippen LogP contribution in [0.3, 0.4) is 0 Å². The Morgan fingerprint density at radius 2 is 0.588 bits per heavy atom. The van der Waals surface area contributed by atoms with E-state index in [1.807, 2.05) is 0 Å². The van der Waals surface area contributed by atoms with Crippen molar-refractivity contribution in [2.45, 2.75) is 0 Å². The molecule has 0 aromatic heterocycles. The van der Waals surface area contributed by atoms with Crippen LogP contribution in [0, 0.1) is 0 Å². The van der Waals surface area contributed by atoms with E-state index in [2.05, 4.69) is 32.0 Å². The van der Waals surface area contributed by atoms with Gasteiger partial charge < -0.3 is 19.1 Å². The first kappa shape index (κ1) is 30.8. The summed E-state index contributed by atoms with van der Waals surface area (Å²) in [7, 11) is -1.49. The van der Waals surface area contributed by atoms with Gasteiger partial charge in [-0.1, -0.05) is 0 Å². The van der Waals surface area contributed by atoms with Crippen LogP contribution < -0.4 is 0 Å². The SMILES string of the molecule is O.O=S(=O)([O-])Cl.O=S(=O)([O-])Cl.O=S(=O)([O-])Cl.[Al+3]. The molecule has 0 radical (unpaired) electrons. The van der Waals surface area contributed by atoms with Crippen LogP contribution in [0.15, 0.2) is 0 Å². The Morgan fingerprint density at radius 1 is 0.588 bits per heavy atom. The molecule has 0 rings (SSSR count). The van der Waals surface area contributed by atoms with Crippen LogP contribution in [0.25, 0.3) is 0 Å². The summed E-state index contributed by atoms with van der Waals surface area (Å²) in [5.41, 5.74) is 0. The van der Waals surface area contributed by atoms with E-state index in [-0.39, 0.29) is 22.8 Å². The van der Waals surface area contributed by atoms with Crippen LogP contribution in [-0.4, -0.2) is 61.7 Å². The summed E-state index contributed by atoms with van der Waals surface area (Å²) >= 11 is 0. The molecule has 0 aromatic carbocycles. The van der Waals surface area contributed by atoms with E-state index >= 15 is 0 Å². The van der Waals surface area contributed by atoms with Gasteiger partial charge in [-0.3, -0.25) is 0 Å². The van der Waals surface area contributed by atoms with Gasteiger partial charge in [0.1, 0.15) is 0 Å². The zero-order valence-electron chi connectivity index (χ0n) is 7.11. The van der Waals surface area contributed by atoms with Gasteiger partial charge in [0.15, 0.2) is 28.0 Å². The minimum absolute atomic E-state index is 0. The van der Waals surface area contributed by atoms with Crippen LogP contribution in [0.4, 0.5) is 0 Å². The fourth-order valence-corrected chi connectivity index (χ4v) is 0. The molecule has 0 saturated heterocycles. The van der Waals surface area contributed by atoms with Crippen molar-refractivity contribution in [1.82, 2.24) is 0 Å². The molecule has 0 heterocycles. The zero-order valence-corrected chi connectivity index (χ0v) is 13.0. The van der Waals surface area contributed by atoms with Crippen molar-refractivity contribution >= 4 is 77.4 Å². The molecule has 0 amide bonds. The standard InChI is InChI=1S/Al.3ClHO3S.H2O/c;3*1-5(2,3)4;/h;3*(H,2,3,4);1H2/q+3;;;;/p-3. The molecule has 0 spiro atoms. The van der Waals surface area contributed by atoms with Gasteiger partial charge in [0.25, 0.3) is 0 Å². The predicted octanol–water partition coefficient (Wildman–Crippen LogP) is -2.15. The van der Waals surface area contributed by atoms with Crippen molar-refractivity contribution in [1.29, 1.82) is 0 Å². The molecule has 0 unspecified atom stereocenters. The second kappa shape index (κ2) is 12.1. The van der Waals surface area contributed by atoms with Gasteiger partial charge in [-0.05, 0) is 0 Å². The second-order valence-corrected chi connectivity index (χ2v) is 6.94. The van der Waals surface area contributed by atoms with Crippen LogP contribution in [-0.2, 0) is 28.0 Å². The van der Waals surface area contributed by atoms with Crippen LogP contribution in [0.5, 0.6) is 0 Å². The third kappa shape index (κ3) is 3260. The van der Waals surface area contributed by atoms with Crippen LogP contribution in [0.2, 0.25) is 0 Å². The Bertz CT molecular complexity index is 348. The Morgan fingerprint density at radius 3 is 0.588 bits per heavy atom. The Balaban J connectivity index is -0.0000000400. The van der Waals surface area contributed by atoms with Crippen molar-refractivity contribution < 1.29 is 44.4 Å². The zero-order chi connectivity index (χ0) is 13.5.